The van der Waals surface area contributed by atoms with E-state index in [-0.39, 0.29) is 5.78 Å². The van der Waals surface area contributed by atoms with Gasteiger partial charge in [-0.25, -0.2) is 0 Å². The molecule has 16 heavy (non-hydrogen) atoms. The number of carbonyl (C=O) groups excluding carboxylic acids is 1. The third kappa shape index (κ3) is 1.01. The first kappa shape index (κ1) is 8.81. The Morgan fingerprint density at radius 3 is 2.75 bits per heavy atom. The maximum Gasteiger partial charge on any atom is 0.396 e. The molecule has 0 heterocycles. The highest BCUT2D eigenvalue weighted by molar-refractivity contribution is 6.23. The lowest BCUT2D eigenvalue weighted by Gasteiger charge is -2.08. The third-order valence-electron chi connectivity index (χ3n) is 2.82. The molecule has 0 fully saturated rings. The molecule has 1 aliphatic carbocycles. The van der Waals surface area contributed by atoms with Crippen LogP contribution in [0.25, 0.3) is 21.8 Å². The Morgan fingerprint density at radius 1 is 1.06 bits per heavy atom. The molecule has 0 N–H and O–H groups in total. The van der Waals surface area contributed by atoms with E-state index < -0.39 is 0 Å². The summed E-state index contributed by atoms with van der Waals surface area (Å²) in [5, 5.41) is 10.7. The molecule has 0 saturated carbocycles. The van der Waals surface area contributed by atoms with Gasteiger partial charge in [-0.1, -0.05) is 24.3 Å². The molecule has 3 rings (SSSR count). The minimum absolute atomic E-state index is 0.114. The number of ketones is 1. The maximum atomic E-state index is 11.8. The lowest BCUT2D eigenvalue weighted by molar-refractivity contribution is 0.104. The fourth-order valence-corrected chi connectivity index (χ4v) is 2.12. The average Bonchev–Trinajstić information content (AvgIpc) is 2.33. The van der Waals surface area contributed by atoms with Crippen LogP contribution in [0.5, 0.6) is 0 Å². The van der Waals surface area contributed by atoms with Gasteiger partial charge in [0.05, 0.1) is 0 Å². The predicted octanol–water partition coefficient (Wildman–Crippen LogP) is 3.53. The molecule has 2 aromatic rings. The summed E-state index contributed by atoms with van der Waals surface area (Å²) < 4.78 is 0. The van der Waals surface area contributed by atoms with E-state index in [2.05, 4.69) is 4.98 Å². The van der Waals surface area contributed by atoms with Crippen LogP contribution in [0.4, 0.5) is 5.69 Å². The smallest absolute Gasteiger partial charge is 0.289 e. The Kier molecular flexibility index (Phi) is 1.66. The Hall–Kier alpha value is -2.47. The number of hydrogen-bond donors (Lipinski definition) is 0. The van der Waals surface area contributed by atoms with E-state index in [4.69, 9.17) is 5.39 Å². The van der Waals surface area contributed by atoms with Crippen molar-refractivity contribution in [2.75, 3.05) is 0 Å². The second kappa shape index (κ2) is 3.01. The number of diazo groups is 1. The molecule has 2 aromatic carbocycles. The van der Waals surface area contributed by atoms with Gasteiger partial charge < -0.3 is 0 Å². The zero-order valence-electron chi connectivity index (χ0n) is 8.34. The number of nitrogens with zero attached hydrogens (tertiary/aromatic N) is 2. The zero-order chi connectivity index (χ0) is 11.1. The highest BCUT2D eigenvalue weighted by atomic mass is 16.1. The summed E-state index contributed by atoms with van der Waals surface area (Å²) in [6.45, 7) is 0. The topological polar surface area (TPSA) is 45.2 Å². The lowest BCUT2D eigenvalue weighted by atomic mass is 9.91. The predicted molar refractivity (Wildman–Crippen MR) is 62.1 cm³/mol. The van der Waals surface area contributed by atoms with Crippen LogP contribution >= 0.6 is 0 Å². The Morgan fingerprint density at radius 2 is 1.94 bits per heavy atom. The fourth-order valence-electron chi connectivity index (χ4n) is 2.12. The first-order valence-electron chi connectivity index (χ1n) is 4.94. The van der Waals surface area contributed by atoms with E-state index in [1.807, 2.05) is 24.3 Å². The van der Waals surface area contributed by atoms with E-state index in [0.29, 0.717) is 11.3 Å². The van der Waals surface area contributed by atoms with Crippen molar-refractivity contribution < 1.29 is 4.79 Å². The van der Waals surface area contributed by atoms with Crippen molar-refractivity contribution in [3.05, 3.63) is 52.5 Å². The maximum absolute atomic E-state index is 11.8. The van der Waals surface area contributed by atoms with Gasteiger partial charge in [0.1, 0.15) is 5.56 Å². The van der Waals surface area contributed by atoms with Crippen LogP contribution in [0.3, 0.4) is 0 Å². The van der Waals surface area contributed by atoms with Crippen LogP contribution in [-0.4, -0.2) is 5.78 Å². The summed E-state index contributed by atoms with van der Waals surface area (Å²) >= 11 is 0. The Bertz CT molecular complexity index is 693. The van der Waals surface area contributed by atoms with Crippen molar-refractivity contribution in [1.82, 2.24) is 0 Å². The molecule has 0 atom stereocenters. The molecule has 0 aromatic heterocycles. The average molecular weight is 207 g/mol. The second-order valence-electron chi connectivity index (χ2n) is 3.70. The van der Waals surface area contributed by atoms with Gasteiger partial charge in [-0.3, -0.25) is 4.79 Å². The SMILES string of the molecule is N#[N+]c1ccc2cccc3c2c1C(=O)C=C3. The van der Waals surface area contributed by atoms with E-state index in [9.17, 15) is 4.79 Å². The van der Waals surface area contributed by atoms with Gasteiger partial charge in [0, 0.05) is 11.5 Å². The van der Waals surface area contributed by atoms with Crippen molar-refractivity contribution in [2.24, 2.45) is 0 Å². The van der Waals surface area contributed by atoms with E-state index >= 15 is 0 Å². The minimum atomic E-state index is -0.114. The number of rotatable bonds is 0. The molecule has 0 bridgehead atoms. The number of carbonyl (C=O) groups is 1. The van der Waals surface area contributed by atoms with Crippen molar-refractivity contribution >= 4 is 28.3 Å². The minimum Gasteiger partial charge on any atom is -0.289 e. The van der Waals surface area contributed by atoms with Crippen molar-refractivity contribution in [3.63, 3.8) is 0 Å². The molecular formula is C13H7N2O+. The number of benzene rings is 2. The molecule has 3 heteroatoms. The van der Waals surface area contributed by atoms with Gasteiger partial charge in [0.25, 0.3) is 0 Å². The first-order valence-corrected chi connectivity index (χ1v) is 4.94. The third-order valence-corrected chi connectivity index (χ3v) is 2.82. The van der Waals surface area contributed by atoms with Crippen molar-refractivity contribution in [3.8, 4) is 0 Å². The largest absolute Gasteiger partial charge is 0.396 e. The molecule has 0 saturated heterocycles. The molecular weight excluding hydrogens is 200 g/mol. The number of hydrogen-bond acceptors (Lipinski definition) is 2. The summed E-state index contributed by atoms with van der Waals surface area (Å²) in [6.07, 6.45) is 3.30. The summed E-state index contributed by atoms with van der Waals surface area (Å²) in [7, 11) is 0. The van der Waals surface area contributed by atoms with Crippen molar-refractivity contribution in [2.45, 2.75) is 0 Å². The van der Waals surface area contributed by atoms with Gasteiger partial charge in [0.15, 0.2) is 10.8 Å². The zero-order valence-corrected chi connectivity index (χ0v) is 8.34. The quantitative estimate of drug-likeness (QED) is 0.620. The monoisotopic (exact) mass is 207 g/mol. The molecule has 0 amide bonds. The highest BCUT2D eigenvalue weighted by Gasteiger charge is 2.25. The van der Waals surface area contributed by atoms with Gasteiger partial charge in [-0.05, 0) is 23.1 Å². The fraction of sp³-hybridized carbons (Fsp3) is 0. The van der Waals surface area contributed by atoms with Gasteiger partial charge >= 0.3 is 5.69 Å². The van der Waals surface area contributed by atoms with Crippen LogP contribution in [0.15, 0.2) is 36.4 Å². The van der Waals surface area contributed by atoms with Crippen LogP contribution in [-0.2, 0) is 0 Å². The van der Waals surface area contributed by atoms with Crippen LogP contribution in [0.1, 0.15) is 15.9 Å². The normalized spacial score (nSPS) is 12.8. The molecule has 0 spiro atoms. The van der Waals surface area contributed by atoms with Crippen LogP contribution in [0, 0.1) is 5.39 Å². The summed E-state index contributed by atoms with van der Waals surface area (Å²) in [5.74, 6) is -0.114. The van der Waals surface area contributed by atoms with Gasteiger partial charge in [-0.2, -0.15) is 0 Å². The summed E-state index contributed by atoms with van der Waals surface area (Å²) in [4.78, 5) is 15.0. The van der Waals surface area contributed by atoms with E-state index in [0.717, 1.165) is 16.3 Å². The standard InChI is InChI=1S/C13H7N2O/c14-15-10-6-4-8-2-1-3-9-5-7-11(16)13(10)12(8)9/h1-7H/q+1. The Balaban J connectivity index is 2.59. The molecule has 3 nitrogen and oxygen atoms in total. The Labute approximate surface area is 91.6 Å². The van der Waals surface area contributed by atoms with Crippen LogP contribution < -0.4 is 0 Å². The molecule has 0 radical (unpaired) electrons. The van der Waals surface area contributed by atoms with Crippen molar-refractivity contribution in [1.29, 1.82) is 5.39 Å². The van der Waals surface area contributed by atoms with Gasteiger partial charge in [-0.15, -0.1) is 0 Å². The van der Waals surface area contributed by atoms with E-state index in [1.165, 1.54) is 6.08 Å². The first-order chi connectivity index (χ1) is 7.81. The van der Waals surface area contributed by atoms with E-state index in [1.54, 1.807) is 12.1 Å². The molecule has 0 unspecified atom stereocenters. The molecule has 1 aliphatic rings. The lowest BCUT2D eigenvalue weighted by Crippen LogP contribution is -2.01. The second-order valence-corrected chi connectivity index (χ2v) is 3.70. The molecule has 0 aliphatic heterocycles. The van der Waals surface area contributed by atoms with Gasteiger partial charge in [0.2, 0.25) is 5.39 Å². The highest BCUT2D eigenvalue weighted by Crippen LogP contribution is 2.34. The summed E-state index contributed by atoms with van der Waals surface area (Å²) in [5.41, 5.74) is 1.80. The number of allylic oxidation sites excluding steroid dienone is 1. The molecule has 74 valence electrons. The summed E-state index contributed by atoms with van der Waals surface area (Å²) in [6, 6.07) is 9.32. The van der Waals surface area contributed by atoms with Crippen LogP contribution in [0.2, 0.25) is 0 Å².